The van der Waals surface area contributed by atoms with E-state index in [1.54, 1.807) is 6.08 Å². The molecule has 2 aliphatic heterocycles. The zero-order valence-corrected chi connectivity index (χ0v) is 15.0. The number of rotatable bonds is 6. The van der Waals surface area contributed by atoms with Crippen molar-refractivity contribution < 1.29 is 54.4 Å². The fraction of sp³-hybridized carbons (Fsp3) is 0.706. The van der Waals surface area contributed by atoms with Gasteiger partial charge in [0.1, 0.15) is 24.4 Å². The zero-order valence-electron chi connectivity index (χ0n) is 15.0. The van der Waals surface area contributed by atoms with Crippen LogP contribution in [0.5, 0.6) is 0 Å². The summed E-state index contributed by atoms with van der Waals surface area (Å²) in [7, 11) is 1.40. The first kappa shape index (κ1) is 21.1. The van der Waals surface area contributed by atoms with Crippen molar-refractivity contribution in [2.45, 2.75) is 43.1 Å². The second-order valence-corrected chi connectivity index (χ2v) is 6.87. The highest BCUT2D eigenvalue weighted by Crippen LogP contribution is 2.45. The molecular weight excluding hydrogens is 380 g/mol. The molecule has 2 heterocycles. The maximum absolute atomic E-state index is 11.6. The van der Waals surface area contributed by atoms with Gasteiger partial charge in [-0.25, -0.2) is 4.79 Å². The Bertz CT molecular complexity index is 645. The average molecular weight is 404 g/mol. The van der Waals surface area contributed by atoms with Crippen LogP contribution in [0.1, 0.15) is 0 Å². The fourth-order valence-corrected chi connectivity index (χ4v) is 3.87. The van der Waals surface area contributed by atoms with Gasteiger partial charge in [0.25, 0.3) is 0 Å². The van der Waals surface area contributed by atoms with E-state index in [1.165, 1.54) is 7.11 Å². The lowest BCUT2D eigenvalue weighted by Crippen LogP contribution is -2.60. The van der Waals surface area contributed by atoms with E-state index < -0.39 is 74.1 Å². The third-order valence-corrected chi connectivity index (χ3v) is 5.35. The van der Waals surface area contributed by atoms with Crippen molar-refractivity contribution in [2.75, 3.05) is 20.3 Å². The number of methoxy groups -OCH3 is 1. The standard InChI is InChI=1S/C17H24O11/c1-25-8-2-6(3-18)10-11(8)7(15(23)24)5-26-16(10)28-17-14(22)13(21)12(20)9(4-19)27-17/h2,5,8-14,16-22H,3-4H2,1H3,(H,23,24)/t8?,9-,10?,11?,12-,13+,14-,16?,17+/m1/s1. The Morgan fingerprint density at radius 2 is 1.82 bits per heavy atom. The molecule has 1 aliphatic carbocycles. The topological polar surface area (TPSA) is 175 Å². The molecular formula is C17H24O11. The molecule has 0 aromatic carbocycles. The molecule has 0 saturated carbocycles. The summed E-state index contributed by atoms with van der Waals surface area (Å²) in [4.78, 5) is 11.6. The van der Waals surface area contributed by atoms with Crippen LogP contribution in [0.3, 0.4) is 0 Å². The van der Waals surface area contributed by atoms with Gasteiger partial charge in [-0.3, -0.25) is 0 Å². The molecule has 0 aromatic rings. The number of fused-ring (bicyclic) bond motifs is 1. The first-order chi connectivity index (χ1) is 13.3. The highest BCUT2D eigenvalue weighted by atomic mass is 16.8. The van der Waals surface area contributed by atoms with Crippen molar-refractivity contribution in [3.8, 4) is 0 Å². The number of ether oxygens (including phenoxy) is 4. The summed E-state index contributed by atoms with van der Waals surface area (Å²) in [5, 5.41) is 58.3. The minimum Gasteiger partial charge on any atom is -0.478 e. The van der Waals surface area contributed by atoms with Gasteiger partial charge in [0, 0.05) is 13.0 Å². The highest BCUT2D eigenvalue weighted by molar-refractivity contribution is 5.87. The molecule has 3 rings (SSSR count). The number of carboxylic acids is 1. The summed E-state index contributed by atoms with van der Waals surface area (Å²) in [6, 6.07) is 0. The zero-order chi connectivity index (χ0) is 20.6. The van der Waals surface area contributed by atoms with Crippen molar-refractivity contribution in [2.24, 2.45) is 11.8 Å². The van der Waals surface area contributed by atoms with Gasteiger partial charge in [0.15, 0.2) is 6.29 Å². The quantitative estimate of drug-likeness (QED) is 0.254. The van der Waals surface area contributed by atoms with Crippen LogP contribution >= 0.6 is 0 Å². The van der Waals surface area contributed by atoms with E-state index in [4.69, 9.17) is 18.9 Å². The Balaban J connectivity index is 1.86. The molecule has 0 amide bonds. The van der Waals surface area contributed by atoms with Gasteiger partial charge in [0.2, 0.25) is 6.29 Å². The maximum Gasteiger partial charge on any atom is 0.335 e. The van der Waals surface area contributed by atoms with E-state index >= 15 is 0 Å². The van der Waals surface area contributed by atoms with Crippen LogP contribution in [0.4, 0.5) is 0 Å². The van der Waals surface area contributed by atoms with Gasteiger partial charge in [-0.1, -0.05) is 6.08 Å². The summed E-state index contributed by atoms with van der Waals surface area (Å²) in [6.45, 7) is -1.02. The summed E-state index contributed by atoms with van der Waals surface area (Å²) >= 11 is 0. The number of aliphatic hydroxyl groups excluding tert-OH is 5. The minimum absolute atomic E-state index is 0.0646. The second kappa shape index (κ2) is 8.43. The number of hydrogen-bond donors (Lipinski definition) is 6. The van der Waals surface area contributed by atoms with E-state index in [2.05, 4.69) is 0 Å². The van der Waals surface area contributed by atoms with Crippen molar-refractivity contribution in [1.29, 1.82) is 0 Å². The van der Waals surface area contributed by atoms with Crippen molar-refractivity contribution in [3.05, 3.63) is 23.5 Å². The Morgan fingerprint density at radius 1 is 1.11 bits per heavy atom. The fourth-order valence-electron chi connectivity index (χ4n) is 3.87. The molecule has 1 saturated heterocycles. The SMILES string of the molecule is COC1C=C(CO)C2C(O[C@@H]3O[C@H](CO)[C@@H](O)[C@H](O)[C@H]3O)OC=C(C(=O)O)C12. The third-order valence-electron chi connectivity index (χ3n) is 5.35. The number of hydrogen-bond acceptors (Lipinski definition) is 10. The average Bonchev–Trinajstić information content (AvgIpc) is 3.07. The van der Waals surface area contributed by atoms with Gasteiger partial charge < -0.3 is 49.6 Å². The molecule has 0 bridgehead atoms. The van der Waals surface area contributed by atoms with Crippen LogP contribution in [0.25, 0.3) is 0 Å². The Kier molecular flexibility index (Phi) is 6.37. The van der Waals surface area contributed by atoms with Crippen LogP contribution in [-0.4, -0.2) is 100 Å². The summed E-state index contributed by atoms with van der Waals surface area (Å²) < 4.78 is 21.7. The van der Waals surface area contributed by atoms with E-state index in [0.717, 1.165) is 6.26 Å². The molecule has 4 unspecified atom stereocenters. The first-order valence-electron chi connectivity index (χ1n) is 8.73. The second-order valence-electron chi connectivity index (χ2n) is 6.87. The number of carbonyl (C=O) groups is 1. The van der Waals surface area contributed by atoms with Crippen LogP contribution in [0.15, 0.2) is 23.5 Å². The monoisotopic (exact) mass is 404 g/mol. The van der Waals surface area contributed by atoms with Crippen LogP contribution < -0.4 is 0 Å². The van der Waals surface area contributed by atoms with Gasteiger partial charge >= 0.3 is 5.97 Å². The number of aliphatic hydroxyl groups is 5. The molecule has 3 aliphatic rings. The molecule has 11 heteroatoms. The largest absolute Gasteiger partial charge is 0.478 e. The summed E-state index contributed by atoms with van der Waals surface area (Å²) in [5.41, 5.74) is 0.364. The Labute approximate surface area is 160 Å². The number of carboxylic acid groups (broad SMARTS) is 1. The van der Waals surface area contributed by atoms with E-state index in [-0.39, 0.29) is 5.57 Å². The van der Waals surface area contributed by atoms with Crippen LogP contribution in [-0.2, 0) is 23.7 Å². The van der Waals surface area contributed by atoms with Gasteiger partial charge in [-0.05, 0) is 5.57 Å². The Morgan fingerprint density at radius 3 is 2.39 bits per heavy atom. The van der Waals surface area contributed by atoms with Gasteiger partial charge in [0.05, 0.1) is 37.1 Å². The molecule has 9 atom stereocenters. The molecule has 0 spiro atoms. The van der Waals surface area contributed by atoms with Gasteiger partial charge in [-0.2, -0.15) is 0 Å². The molecule has 11 nitrogen and oxygen atoms in total. The summed E-state index contributed by atoms with van der Waals surface area (Å²) in [5.74, 6) is -2.68. The normalized spacial score (nSPS) is 43.0. The molecule has 0 aromatic heterocycles. The third kappa shape index (κ3) is 3.55. The maximum atomic E-state index is 11.6. The smallest absolute Gasteiger partial charge is 0.335 e. The molecule has 0 radical (unpaired) electrons. The van der Waals surface area contributed by atoms with E-state index in [0.29, 0.717) is 5.57 Å². The number of aliphatic carboxylic acids is 1. The van der Waals surface area contributed by atoms with Crippen LogP contribution in [0, 0.1) is 11.8 Å². The lowest BCUT2D eigenvalue weighted by molar-refractivity contribution is -0.340. The predicted molar refractivity (Wildman–Crippen MR) is 88.4 cm³/mol. The van der Waals surface area contributed by atoms with E-state index in [9.17, 15) is 35.4 Å². The van der Waals surface area contributed by atoms with E-state index in [1.807, 2.05) is 0 Å². The molecule has 1 fully saturated rings. The highest BCUT2D eigenvalue weighted by Gasteiger charge is 2.52. The van der Waals surface area contributed by atoms with Crippen LogP contribution in [0.2, 0.25) is 0 Å². The molecule has 158 valence electrons. The van der Waals surface area contributed by atoms with Crippen molar-refractivity contribution in [1.82, 2.24) is 0 Å². The summed E-state index contributed by atoms with van der Waals surface area (Å²) in [6.07, 6.45) is -6.68. The molecule has 6 N–H and O–H groups in total. The Hall–Kier alpha value is -1.57. The van der Waals surface area contributed by atoms with Gasteiger partial charge in [-0.15, -0.1) is 0 Å². The molecule has 28 heavy (non-hydrogen) atoms. The van der Waals surface area contributed by atoms with Crippen molar-refractivity contribution in [3.63, 3.8) is 0 Å². The minimum atomic E-state index is -1.65. The first-order valence-corrected chi connectivity index (χ1v) is 8.73. The lowest BCUT2D eigenvalue weighted by Gasteiger charge is -2.43. The predicted octanol–water partition coefficient (Wildman–Crippen LogP) is -2.69. The van der Waals surface area contributed by atoms with Crippen molar-refractivity contribution >= 4 is 5.97 Å². The lowest BCUT2D eigenvalue weighted by atomic mass is 9.82.